The summed E-state index contributed by atoms with van der Waals surface area (Å²) in [7, 11) is 0. The van der Waals surface area contributed by atoms with Gasteiger partial charge in [-0.3, -0.25) is 4.79 Å². The van der Waals surface area contributed by atoms with E-state index in [0.29, 0.717) is 12.1 Å². The topological polar surface area (TPSA) is 78.4 Å². The van der Waals surface area contributed by atoms with E-state index in [0.717, 1.165) is 11.3 Å². The summed E-state index contributed by atoms with van der Waals surface area (Å²) in [5, 5.41) is 15.1. The van der Waals surface area contributed by atoms with Crippen molar-refractivity contribution in [3.63, 3.8) is 0 Å². The van der Waals surface area contributed by atoms with Crippen LogP contribution in [0.1, 0.15) is 47.1 Å². The Morgan fingerprint density at radius 3 is 2.25 bits per heavy atom. The second-order valence-corrected chi connectivity index (χ2v) is 6.64. The van der Waals surface area contributed by atoms with Crippen LogP contribution < -0.4 is 10.6 Å². The van der Waals surface area contributed by atoms with Crippen molar-refractivity contribution in [3.8, 4) is 0 Å². The van der Waals surface area contributed by atoms with E-state index in [9.17, 15) is 9.59 Å². The molecule has 0 unspecified atom stereocenters. The van der Waals surface area contributed by atoms with Crippen molar-refractivity contribution in [3.05, 3.63) is 65.2 Å². The molecule has 0 aromatic heterocycles. The maximum atomic E-state index is 12.2. The van der Waals surface area contributed by atoms with E-state index < -0.39 is 5.97 Å². The van der Waals surface area contributed by atoms with E-state index >= 15 is 0 Å². The maximum Gasteiger partial charge on any atom is 0.335 e. The van der Waals surface area contributed by atoms with Crippen LogP contribution in [0.25, 0.3) is 0 Å². The molecule has 0 atom stereocenters. The van der Waals surface area contributed by atoms with Crippen LogP contribution in [-0.2, 0) is 6.54 Å². The van der Waals surface area contributed by atoms with E-state index in [1.165, 1.54) is 0 Å². The summed E-state index contributed by atoms with van der Waals surface area (Å²) < 4.78 is 0. The molecule has 0 bridgehead atoms. The van der Waals surface area contributed by atoms with Crippen molar-refractivity contribution >= 4 is 17.6 Å². The number of hydrogen-bond donors (Lipinski definition) is 3. The summed E-state index contributed by atoms with van der Waals surface area (Å²) in [5.74, 6) is -1.05. The zero-order valence-electron chi connectivity index (χ0n) is 14.1. The lowest BCUT2D eigenvalue weighted by atomic mass is 10.1. The van der Waals surface area contributed by atoms with E-state index in [-0.39, 0.29) is 17.0 Å². The van der Waals surface area contributed by atoms with Gasteiger partial charge in [0.05, 0.1) is 5.56 Å². The van der Waals surface area contributed by atoms with Crippen LogP contribution in [0.2, 0.25) is 0 Å². The third-order valence-corrected chi connectivity index (χ3v) is 3.31. The summed E-state index contributed by atoms with van der Waals surface area (Å²) >= 11 is 0. The molecular weight excluding hydrogens is 304 g/mol. The van der Waals surface area contributed by atoms with Crippen molar-refractivity contribution in [2.45, 2.75) is 32.9 Å². The molecule has 2 aromatic carbocycles. The zero-order chi connectivity index (χ0) is 17.7. The molecule has 1 amide bonds. The van der Waals surface area contributed by atoms with Gasteiger partial charge in [-0.2, -0.15) is 0 Å². The van der Waals surface area contributed by atoms with Crippen LogP contribution in [0.3, 0.4) is 0 Å². The van der Waals surface area contributed by atoms with Crippen LogP contribution in [0.15, 0.2) is 48.5 Å². The van der Waals surface area contributed by atoms with Crippen molar-refractivity contribution < 1.29 is 14.7 Å². The lowest BCUT2D eigenvalue weighted by molar-refractivity contribution is 0.0696. The minimum Gasteiger partial charge on any atom is -0.478 e. The fourth-order valence-electron chi connectivity index (χ4n) is 2.15. The molecule has 126 valence electrons. The molecule has 0 spiro atoms. The summed E-state index contributed by atoms with van der Waals surface area (Å²) in [6.07, 6.45) is 0. The van der Waals surface area contributed by atoms with Crippen LogP contribution >= 0.6 is 0 Å². The molecule has 0 aliphatic heterocycles. The third kappa shape index (κ3) is 5.12. The Morgan fingerprint density at radius 2 is 1.67 bits per heavy atom. The van der Waals surface area contributed by atoms with Crippen molar-refractivity contribution in [2.75, 3.05) is 5.32 Å². The number of anilines is 1. The van der Waals surface area contributed by atoms with E-state index in [4.69, 9.17) is 5.11 Å². The Kier molecular flexibility index (Phi) is 5.24. The van der Waals surface area contributed by atoms with Crippen molar-refractivity contribution in [1.29, 1.82) is 0 Å². The number of amides is 1. The molecule has 5 heteroatoms. The molecule has 0 heterocycles. The molecule has 2 aromatic rings. The van der Waals surface area contributed by atoms with Gasteiger partial charge >= 0.3 is 5.97 Å². The highest BCUT2D eigenvalue weighted by Gasteiger charge is 2.15. The van der Waals surface area contributed by atoms with Crippen LogP contribution in [0.5, 0.6) is 0 Å². The number of aromatic carboxylic acids is 1. The smallest absolute Gasteiger partial charge is 0.335 e. The number of carbonyl (C=O) groups is 2. The standard InChI is InChI=1S/C19H22N2O3/c1-19(2,3)21-17(22)15-5-4-6-16(11-15)20-12-13-7-9-14(10-8-13)18(23)24/h4-11,20H,12H2,1-3H3,(H,21,22)(H,23,24). The number of hydrogen-bond acceptors (Lipinski definition) is 3. The number of benzene rings is 2. The monoisotopic (exact) mass is 326 g/mol. The molecule has 5 nitrogen and oxygen atoms in total. The molecule has 24 heavy (non-hydrogen) atoms. The fraction of sp³-hybridized carbons (Fsp3) is 0.263. The average molecular weight is 326 g/mol. The molecule has 0 aliphatic carbocycles. The van der Waals surface area contributed by atoms with Gasteiger partial charge in [-0.05, 0) is 56.7 Å². The van der Waals surface area contributed by atoms with Gasteiger partial charge < -0.3 is 15.7 Å². The zero-order valence-corrected chi connectivity index (χ0v) is 14.1. The normalized spacial score (nSPS) is 11.0. The molecule has 2 rings (SSSR count). The van der Waals surface area contributed by atoms with Crippen molar-refractivity contribution in [2.24, 2.45) is 0 Å². The number of nitrogens with one attached hydrogen (secondary N) is 2. The first kappa shape index (κ1) is 17.5. The first-order chi connectivity index (χ1) is 11.2. The highest BCUT2D eigenvalue weighted by molar-refractivity contribution is 5.95. The predicted molar refractivity (Wildman–Crippen MR) is 94.4 cm³/mol. The Bertz CT molecular complexity index is 731. The second kappa shape index (κ2) is 7.17. The Balaban J connectivity index is 2.01. The van der Waals surface area contributed by atoms with E-state index in [1.807, 2.05) is 32.9 Å². The second-order valence-electron chi connectivity index (χ2n) is 6.64. The lowest BCUT2D eigenvalue weighted by Crippen LogP contribution is -2.40. The Labute approximate surface area is 141 Å². The SMILES string of the molecule is CC(C)(C)NC(=O)c1cccc(NCc2ccc(C(=O)O)cc2)c1. The molecular formula is C19H22N2O3. The van der Waals surface area contributed by atoms with Crippen LogP contribution in [0.4, 0.5) is 5.69 Å². The number of carboxylic acids is 1. The first-order valence-electron chi connectivity index (χ1n) is 7.73. The average Bonchev–Trinajstić information content (AvgIpc) is 2.52. The summed E-state index contributed by atoms with van der Waals surface area (Å²) in [5.41, 5.74) is 2.37. The first-order valence-corrected chi connectivity index (χ1v) is 7.73. The van der Waals surface area contributed by atoms with Gasteiger partial charge in [-0.15, -0.1) is 0 Å². The van der Waals surface area contributed by atoms with Gasteiger partial charge in [0, 0.05) is 23.3 Å². The predicted octanol–water partition coefficient (Wildman–Crippen LogP) is 3.53. The Morgan fingerprint density at radius 1 is 1.00 bits per heavy atom. The number of carbonyl (C=O) groups excluding carboxylic acids is 1. The number of rotatable bonds is 5. The lowest BCUT2D eigenvalue weighted by Gasteiger charge is -2.20. The Hall–Kier alpha value is -2.82. The number of carboxylic acid groups (broad SMARTS) is 1. The molecule has 0 radical (unpaired) electrons. The summed E-state index contributed by atoms with van der Waals surface area (Å²) in [6, 6.07) is 14.0. The van der Waals surface area contributed by atoms with Gasteiger partial charge in [0.15, 0.2) is 0 Å². The fourth-order valence-corrected chi connectivity index (χ4v) is 2.15. The quantitative estimate of drug-likeness (QED) is 0.785. The molecule has 0 aliphatic rings. The summed E-state index contributed by atoms with van der Waals surface area (Å²) in [6.45, 7) is 6.36. The highest BCUT2D eigenvalue weighted by atomic mass is 16.4. The van der Waals surface area contributed by atoms with E-state index in [1.54, 1.807) is 36.4 Å². The largest absolute Gasteiger partial charge is 0.478 e. The minimum absolute atomic E-state index is 0.114. The van der Waals surface area contributed by atoms with Gasteiger partial charge in [0.2, 0.25) is 0 Å². The highest BCUT2D eigenvalue weighted by Crippen LogP contribution is 2.14. The van der Waals surface area contributed by atoms with Crippen molar-refractivity contribution in [1.82, 2.24) is 5.32 Å². The maximum absolute atomic E-state index is 12.2. The molecule has 0 saturated carbocycles. The van der Waals surface area contributed by atoms with Crippen LogP contribution in [-0.4, -0.2) is 22.5 Å². The van der Waals surface area contributed by atoms with Gasteiger partial charge in [0.1, 0.15) is 0 Å². The van der Waals surface area contributed by atoms with E-state index in [2.05, 4.69) is 10.6 Å². The molecule has 0 saturated heterocycles. The minimum atomic E-state index is -0.938. The molecule has 0 fully saturated rings. The van der Waals surface area contributed by atoms with Gasteiger partial charge in [-0.1, -0.05) is 18.2 Å². The third-order valence-electron chi connectivity index (χ3n) is 3.31. The van der Waals surface area contributed by atoms with Gasteiger partial charge in [-0.25, -0.2) is 4.79 Å². The van der Waals surface area contributed by atoms with Crippen LogP contribution in [0, 0.1) is 0 Å². The summed E-state index contributed by atoms with van der Waals surface area (Å²) in [4.78, 5) is 23.0. The van der Waals surface area contributed by atoms with Gasteiger partial charge in [0.25, 0.3) is 5.91 Å². The molecule has 3 N–H and O–H groups in total.